The molecule has 1 aromatic heterocycles. The molecule has 1 aliphatic heterocycles. The predicted molar refractivity (Wildman–Crippen MR) is 118 cm³/mol. The van der Waals surface area contributed by atoms with Crippen molar-refractivity contribution in [3.8, 4) is 17.2 Å². The number of hydrogen-bond donors (Lipinski definition) is 0. The van der Waals surface area contributed by atoms with Gasteiger partial charge in [-0.2, -0.15) is 0 Å². The highest BCUT2D eigenvalue weighted by molar-refractivity contribution is 7.71. The number of ether oxygens (including phenoxy) is 2. The number of hydrogen-bond acceptors (Lipinski definition) is 7. The minimum Gasteiger partial charge on any atom is -0.496 e. The summed E-state index contributed by atoms with van der Waals surface area (Å²) in [6.45, 7) is 4.78. The fourth-order valence-corrected chi connectivity index (χ4v) is 3.73. The van der Waals surface area contributed by atoms with E-state index in [-0.39, 0.29) is 0 Å². The third-order valence-corrected chi connectivity index (χ3v) is 5.38. The highest BCUT2D eigenvalue weighted by Crippen LogP contribution is 2.28. The van der Waals surface area contributed by atoms with E-state index in [0.717, 1.165) is 38.4 Å². The van der Waals surface area contributed by atoms with Gasteiger partial charge in [0.2, 0.25) is 0 Å². The van der Waals surface area contributed by atoms with Gasteiger partial charge in [-0.3, -0.25) is 4.90 Å². The lowest BCUT2D eigenvalue weighted by atomic mass is 10.2. The van der Waals surface area contributed by atoms with Gasteiger partial charge >= 0.3 is 0 Å². The van der Waals surface area contributed by atoms with Crippen molar-refractivity contribution >= 4 is 17.9 Å². The van der Waals surface area contributed by atoms with Gasteiger partial charge in [-0.05, 0) is 49.1 Å². The number of morpholine rings is 1. The summed E-state index contributed by atoms with van der Waals surface area (Å²) < 4.78 is 18.2. The van der Waals surface area contributed by atoms with Crippen LogP contribution in [0, 0.1) is 4.84 Å². The first-order valence-corrected chi connectivity index (χ1v) is 10.4. The van der Waals surface area contributed by atoms with Crippen LogP contribution in [0.1, 0.15) is 5.56 Å². The van der Waals surface area contributed by atoms with Crippen molar-refractivity contribution in [2.75, 3.05) is 45.4 Å². The monoisotopic (exact) mass is 426 g/mol. The van der Waals surface area contributed by atoms with Crippen molar-refractivity contribution in [1.82, 2.24) is 14.7 Å². The maximum absolute atomic E-state index is 5.72. The first kappa shape index (κ1) is 20.6. The van der Waals surface area contributed by atoms with E-state index in [1.54, 1.807) is 11.8 Å². The topological polar surface area (TPSA) is 55.9 Å². The van der Waals surface area contributed by atoms with Crippen molar-refractivity contribution in [2.45, 2.75) is 13.2 Å². The van der Waals surface area contributed by atoms with Crippen molar-refractivity contribution < 1.29 is 13.9 Å². The molecule has 158 valence electrons. The van der Waals surface area contributed by atoms with E-state index in [2.05, 4.69) is 39.2 Å². The number of methoxy groups -OCH3 is 1. The lowest BCUT2D eigenvalue weighted by molar-refractivity contribution is 0.122. The quantitative estimate of drug-likeness (QED) is 0.533. The molecule has 0 aliphatic carbocycles. The standard InChI is InChI=1S/C22H26N4O3S/c1-24(15-17-7-9-18(10-8-17)25-11-13-28-14-12-25)16-26-22(30)29-21(23-26)19-5-3-4-6-20(19)27-2/h3-10H,11-16H2,1-2H3. The van der Waals surface area contributed by atoms with Crippen LogP contribution in [0.25, 0.3) is 11.5 Å². The Bertz CT molecular complexity index is 1030. The second kappa shape index (κ2) is 9.42. The molecule has 0 atom stereocenters. The molecular formula is C22H26N4O3S. The van der Waals surface area contributed by atoms with Gasteiger partial charge in [0.25, 0.3) is 10.7 Å². The van der Waals surface area contributed by atoms with Crippen LogP contribution >= 0.6 is 12.2 Å². The number of anilines is 1. The van der Waals surface area contributed by atoms with Crippen molar-refractivity contribution in [3.05, 3.63) is 58.9 Å². The van der Waals surface area contributed by atoms with E-state index in [4.69, 9.17) is 26.1 Å². The van der Waals surface area contributed by atoms with Crippen LogP contribution in [0.4, 0.5) is 5.69 Å². The summed E-state index contributed by atoms with van der Waals surface area (Å²) in [6, 6.07) is 16.3. The Balaban J connectivity index is 1.41. The van der Waals surface area contributed by atoms with Gasteiger partial charge in [-0.1, -0.05) is 24.3 Å². The Labute approximate surface area is 181 Å². The first-order chi connectivity index (χ1) is 14.6. The number of benzene rings is 2. The van der Waals surface area contributed by atoms with Crippen LogP contribution in [0.5, 0.6) is 5.75 Å². The van der Waals surface area contributed by atoms with E-state index in [0.29, 0.717) is 23.1 Å². The maximum atomic E-state index is 5.72. The predicted octanol–water partition coefficient (Wildman–Crippen LogP) is 3.81. The van der Waals surface area contributed by atoms with Crippen LogP contribution in [-0.4, -0.2) is 55.1 Å². The molecule has 7 nitrogen and oxygen atoms in total. The van der Waals surface area contributed by atoms with Crippen LogP contribution in [-0.2, 0) is 18.0 Å². The molecule has 1 aliphatic rings. The molecule has 1 fully saturated rings. The van der Waals surface area contributed by atoms with Crippen molar-refractivity contribution in [3.63, 3.8) is 0 Å². The first-order valence-electron chi connectivity index (χ1n) is 9.95. The maximum Gasteiger partial charge on any atom is 0.288 e. The normalized spacial score (nSPS) is 14.3. The molecule has 0 bridgehead atoms. The van der Waals surface area contributed by atoms with Crippen LogP contribution < -0.4 is 9.64 Å². The third-order valence-electron chi connectivity index (χ3n) is 5.08. The lowest BCUT2D eigenvalue weighted by Crippen LogP contribution is -2.36. The zero-order chi connectivity index (χ0) is 20.9. The Hall–Kier alpha value is -2.68. The number of rotatable bonds is 7. The van der Waals surface area contributed by atoms with Crippen LogP contribution in [0.2, 0.25) is 0 Å². The zero-order valence-corrected chi connectivity index (χ0v) is 18.1. The van der Waals surface area contributed by atoms with Crippen LogP contribution in [0.15, 0.2) is 52.9 Å². The lowest BCUT2D eigenvalue weighted by Gasteiger charge is -2.29. The van der Waals surface area contributed by atoms with Crippen LogP contribution in [0.3, 0.4) is 0 Å². The second-order valence-corrected chi connectivity index (χ2v) is 7.64. The summed E-state index contributed by atoms with van der Waals surface area (Å²) in [5.41, 5.74) is 3.26. The SMILES string of the molecule is COc1ccccc1-c1nn(CN(C)Cc2ccc(N3CCOCC3)cc2)c(=S)o1. The molecule has 8 heteroatoms. The van der Waals surface area contributed by atoms with Gasteiger partial charge in [0.1, 0.15) is 5.75 Å². The summed E-state index contributed by atoms with van der Waals surface area (Å²) in [7, 11) is 3.66. The number of para-hydroxylation sites is 1. The van der Waals surface area contributed by atoms with E-state index in [1.165, 1.54) is 11.3 Å². The van der Waals surface area contributed by atoms with Gasteiger partial charge in [-0.15, -0.1) is 5.10 Å². The van der Waals surface area contributed by atoms with Gasteiger partial charge in [0.05, 0.1) is 32.6 Å². The fourth-order valence-electron chi connectivity index (χ4n) is 3.55. The van der Waals surface area contributed by atoms with Gasteiger partial charge in [0.15, 0.2) is 0 Å². The Morgan fingerprint density at radius 1 is 1.10 bits per heavy atom. The van der Waals surface area contributed by atoms with Crippen molar-refractivity contribution in [1.29, 1.82) is 0 Å². The molecule has 0 radical (unpaired) electrons. The van der Waals surface area contributed by atoms with Gasteiger partial charge in [0, 0.05) is 25.3 Å². The highest BCUT2D eigenvalue weighted by Gasteiger charge is 2.14. The summed E-state index contributed by atoms with van der Waals surface area (Å²) in [6.07, 6.45) is 0. The number of aromatic nitrogens is 2. The van der Waals surface area contributed by atoms with Gasteiger partial charge < -0.3 is 18.8 Å². The average Bonchev–Trinajstić information content (AvgIpc) is 3.14. The molecule has 0 saturated carbocycles. The molecule has 1 saturated heterocycles. The second-order valence-electron chi connectivity index (χ2n) is 7.29. The largest absolute Gasteiger partial charge is 0.496 e. The Kier molecular flexibility index (Phi) is 6.47. The molecule has 3 aromatic rings. The Morgan fingerprint density at radius 3 is 2.57 bits per heavy atom. The van der Waals surface area contributed by atoms with Crippen molar-refractivity contribution in [2.24, 2.45) is 0 Å². The minimum atomic E-state index is 0.338. The van der Waals surface area contributed by atoms with E-state index in [9.17, 15) is 0 Å². The average molecular weight is 427 g/mol. The highest BCUT2D eigenvalue weighted by atomic mass is 32.1. The minimum absolute atomic E-state index is 0.338. The van der Waals surface area contributed by atoms with E-state index >= 15 is 0 Å². The summed E-state index contributed by atoms with van der Waals surface area (Å²) in [5, 5.41) is 4.55. The van der Waals surface area contributed by atoms with E-state index in [1.807, 2.05) is 31.3 Å². The summed E-state index contributed by atoms with van der Waals surface area (Å²) in [4.78, 5) is 4.84. The smallest absolute Gasteiger partial charge is 0.288 e. The molecule has 0 unspecified atom stereocenters. The molecule has 0 N–H and O–H groups in total. The van der Waals surface area contributed by atoms with Gasteiger partial charge in [-0.25, -0.2) is 4.68 Å². The molecule has 4 rings (SSSR count). The molecule has 0 amide bonds. The zero-order valence-electron chi connectivity index (χ0n) is 17.3. The molecular weight excluding hydrogens is 400 g/mol. The fraction of sp³-hybridized carbons (Fsp3) is 0.364. The number of nitrogens with zero attached hydrogens (tertiary/aromatic N) is 4. The molecule has 2 aromatic carbocycles. The summed E-state index contributed by atoms with van der Waals surface area (Å²) >= 11 is 5.38. The van der Waals surface area contributed by atoms with E-state index < -0.39 is 0 Å². The molecule has 30 heavy (non-hydrogen) atoms. The summed E-state index contributed by atoms with van der Waals surface area (Å²) in [5.74, 6) is 1.16. The third kappa shape index (κ3) is 4.72. The molecule has 0 spiro atoms. The molecule has 2 heterocycles. The Morgan fingerprint density at radius 2 is 1.83 bits per heavy atom.